The van der Waals surface area contributed by atoms with Crippen LogP contribution in [0.3, 0.4) is 0 Å². The largest absolute Gasteiger partial charge is 0.352 e. The molecular formula is C32H23ClN2O3. The van der Waals surface area contributed by atoms with Crippen LogP contribution in [-0.2, 0) is 15.0 Å². The van der Waals surface area contributed by atoms with E-state index < -0.39 is 23.4 Å². The Morgan fingerprint density at radius 2 is 1.66 bits per heavy atom. The van der Waals surface area contributed by atoms with E-state index in [0.717, 1.165) is 27.6 Å². The molecule has 4 aromatic rings. The molecule has 1 saturated heterocycles. The minimum Gasteiger partial charge on any atom is -0.352 e. The summed E-state index contributed by atoms with van der Waals surface area (Å²) in [5, 5.41) is 5.69. The number of halogens is 1. The zero-order chi connectivity index (χ0) is 26.2. The van der Waals surface area contributed by atoms with Crippen molar-refractivity contribution in [1.29, 1.82) is 0 Å². The molecular weight excluding hydrogens is 496 g/mol. The Kier molecular flexibility index (Phi) is 4.91. The lowest BCUT2D eigenvalue weighted by Gasteiger charge is -2.38. The number of ketones is 2. The first-order valence-electron chi connectivity index (χ1n) is 12.6. The molecule has 1 N–H and O–H groups in total. The summed E-state index contributed by atoms with van der Waals surface area (Å²) in [6.07, 6.45) is 4.04. The van der Waals surface area contributed by atoms with E-state index in [1.54, 1.807) is 24.3 Å². The van der Waals surface area contributed by atoms with Gasteiger partial charge in [0.25, 0.3) is 0 Å². The van der Waals surface area contributed by atoms with Gasteiger partial charge in [-0.2, -0.15) is 0 Å². The third-order valence-electron chi connectivity index (χ3n) is 8.37. The van der Waals surface area contributed by atoms with Crippen LogP contribution in [0.4, 0.5) is 11.4 Å². The highest BCUT2D eigenvalue weighted by Crippen LogP contribution is 2.58. The van der Waals surface area contributed by atoms with Gasteiger partial charge in [0, 0.05) is 27.5 Å². The Morgan fingerprint density at radius 1 is 0.921 bits per heavy atom. The SMILES string of the molecule is CC(=O)[C@@H]1[C@H](C(=O)c2ccc(Cl)cc2)[C@]2(C(=O)Nc3ccccc32)[C@@H]2C=Cc3c(ccc4ccccc34)N12. The summed E-state index contributed by atoms with van der Waals surface area (Å²) >= 11 is 6.12. The van der Waals surface area contributed by atoms with Gasteiger partial charge in [-0.3, -0.25) is 14.4 Å². The van der Waals surface area contributed by atoms with Gasteiger partial charge < -0.3 is 10.2 Å². The van der Waals surface area contributed by atoms with Gasteiger partial charge in [0.2, 0.25) is 5.91 Å². The van der Waals surface area contributed by atoms with Crippen molar-refractivity contribution >= 4 is 57.3 Å². The van der Waals surface area contributed by atoms with Crippen molar-refractivity contribution in [3.05, 3.63) is 113 Å². The van der Waals surface area contributed by atoms with Gasteiger partial charge in [-0.05, 0) is 59.7 Å². The van der Waals surface area contributed by atoms with Crippen LogP contribution >= 0.6 is 11.6 Å². The van der Waals surface area contributed by atoms with Crippen LogP contribution in [0.1, 0.15) is 28.4 Å². The third-order valence-corrected chi connectivity index (χ3v) is 8.62. The van der Waals surface area contributed by atoms with Crippen molar-refractivity contribution in [1.82, 2.24) is 0 Å². The van der Waals surface area contributed by atoms with Gasteiger partial charge in [-0.25, -0.2) is 0 Å². The van der Waals surface area contributed by atoms with Gasteiger partial charge in [-0.15, -0.1) is 0 Å². The van der Waals surface area contributed by atoms with Crippen molar-refractivity contribution in [3.8, 4) is 0 Å². The number of nitrogens with one attached hydrogen (secondary N) is 1. The zero-order valence-corrected chi connectivity index (χ0v) is 21.3. The molecule has 0 radical (unpaired) electrons. The second-order valence-electron chi connectivity index (χ2n) is 10.2. The van der Waals surface area contributed by atoms with E-state index in [1.807, 2.05) is 65.6 Å². The highest BCUT2D eigenvalue weighted by Gasteiger charge is 2.69. The lowest BCUT2D eigenvalue weighted by molar-refractivity contribution is -0.122. The van der Waals surface area contributed by atoms with Crippen LogP contribution in [0.15, 0.2) is 91.0 Å². The summed E-state index contributed by atoms with van der Waals surface area (Å²) in [7, 11) is 0. The van der Waals surface area contributed by atoms with E-state index in [9.17, 15) is 14.4 Å². The minimum atomic E-state index is -1.29. The second-order valence-corrected chi connectivity index (χ2v) is 10.6. The molecule has 3 heterocycles. The lowest BCUT2D eigenvalue weighted by atomic mass is 9.64. The Labute approximate surface area is 224 Å². The molecule has 0 unspecified atom stereocenters. The second kappa shape index (κ2) is 8.14. The van der Waals surface area contributed by atoms with Gasteiger partial charge in [0.1, 0.15) is 5.41 Å². The van der Waals surface area contributed by atoms with Gasteiger partial charge in [0.15, 0.2) is 11.6 Å². The average Bonchev–Trinajstić information content (AvgIpc) is 3.41. The fraction of sp³-hybridized carbons (Fsp3) is 0.156. The van der Waals surface area contributed by atoms with Crippen molar-refractivity contribution in [3.63, 3.8) is 0 Å². The molecule has 3 aliphatic heterocycles. The number of para-hydroxylation sites is 1. The topological polar surface area (TPSA) is 66.5 Å². The maximum atomic E-state index is 14.4. The number of hydrogen-bond acceptors (Lipinski definition) is 4. The Bertz CT molecular complexity index is 1710. The van der Waals surface area contributed by atoms with E-state index in [4.69, 9.17) is 11.6 Å². The number of carbonyl (C=O) groups is 3. The highest BCUT2D eigenvalue weighted by molar-refractivity contribution is 6.30. The summed E-state index contributed by atoms with van der Waals surface area (Å²) in [6.45, 7) is 1.51. The van der Waals surface area contributed by atoms with E-state index in [1.165, 1.54) is 6.92 Å². The molecule has 4 aromatic carbocycles. The number of rotatable bonds is 3. The fourth-order valence-corrected chi connectivity index (χ4v) is 7.01. The molecule has 3 aliphatic rings. The standard InChI is InChI=1S/C32H23ClN2O3/c1-18(36)29-28(30(37)20-10-13-21(33)14-11-20)32(24-8-4-5-9-25(24)34-31(32)38)27-17-15-23-22-7-3-2-6-19(22)12-16-26(23)35(27)29/h2-17,27-29H,1H3,(H,34,38)/t27-,28+,29+,32+/m0/s1. The number of carbonyl (C=O) groups excluding carboxylic acids is 3. The molecule has 5 nitrogen and oxygen atoms in total. The maximum absolute atomic E-state index is 14.4. The molecule has 38 heavy (non-hydrogen) atoms. The smallest absolute Gasteiger partial charge is 0.238 e. The molecule has 186 valence electrons. The number of hydrogen-bond donors (Lipinski definition) is 1. The van der Waals surface area contributed by atoms with Crippen LogP contribution in [0, 0.1) is 5.92 Å². The molecule has 0 aliphatic carbocycles. The number of anilines is 2. The molecule has 0 aromatic heterocycles. The van der Waals surface area contributed by atoms with Gasteiger partial charge in [-0.1, -0.05) is 72.3 Å². The molecule has 4 atom stereocenters. The summed E-state index contributed by atoms with van der Waals surface area (Å²) in [6, 6.07) is 24.9. The third kappa shape index (κ3) is 2.91. The van der Waals surface area contributed by atoms with Crippen LogP contribution in [-0.4, -0.2) is 29.6 Å². The van der Waals surface area contributed by atoms with E-state index >= 15 is 0 Å². The fourth-order valence-electron chi connectivity index (χ4n) is 6.88. The van der Waals surface area contributed by atoms with Crippen LogP contribution < -0.4 is 10.2 Å². The van der Waals surface area contributed by atoms with Crippen LogP contribution in [0.5, 0.6) is 0 Å². The Hall–Kier alpha value is -4.22. The van der Waals surface area contributed by atoms with E-state index in [0.29, 0.717) is 16.3 Å². The molecule has 1 spiro atoms. The van der Waals surface area contributed by atoms with Gasteiger partial charge >= 0.3 is 0 Å². The van der Waals surface area contributed by atoms with Crippen LogP contribution in [0.2, 0.25) is 5.02 Å². The summed E-state index contributed by atoms with van der Waals surface area (Å²) in [4.78, 5) is 44.2. The quantitative estimate of drug-likeness (QED) is 0.335. The molecule has 1 fully saturated rings. The zero-order valence-electron chi connectivity index (χ0n) is 20.5. The van der Waals surface area contributed by atoms with Crippen molar-refractivity contribution in [2.24, 2.45) is 5.92 Å². The first-order valence-corrected chi connectivity index (χ1v) is 13.0. The minimum absolute atomic E-state index is 0.161. The number of nitrogens with zero attached hydrogens (tertiary/aromatic N) is 1. The molecule has 1 amide bonds. The Balaban J connectivity index is 1.53. The predicted molar refractivity (Wildman–Crippen MR) is 150 cm³/mol. The molecule has 0 bridgehead atoms. The average molecular weight is 519 g/mol. The molecule has 6 heteroatoms. The number of benzene rings is 4. The van der Waals surface area contributed by atoms with Crippen molar-refractivity contribution < 1.29 is 14.4 Å². The monoisotopic (exact) mass is 518 g/mol. The van der Waals surface area contributed by atoms with Crippen LogP contribution in [0.25, 0.3) is 16.8 Å². The number of amides is 1. The van der Waals surface area contributed by atoms with E-state index in [2.05, 4.69) is 17.4 Å². The summed E-state index contributed by atoms with van der Waals surface area (Å²) in [5.74, 6) is -1.62. The molecule has 7 rings (SSSR count). The first kappa shape index (κ1) is 22.9. The molecule has 0 saturated carbocycles. The number of fused-ring (bicyclic) bond motifs is 8. The predicted octanol–water partition coefficient (Wildman–Crippen LogP) is 6.06. The number of Topliss-reactive ketones (excluding diaryl/α,β-unsaturated/α-hetero) is 2. The van der Waals surface area contributed by atoms with Crippen molar-refractivity contribution in [2.75, 3.05) is 10.2 Å². The maximum Gasteiger partial charge on any atom is 0.238 e. The lowest BCUT2D eigenvalue weighted by Crippen LogP contribution is -2.51. The summed E-state index contributed by atoms with van der Waals surface area (Å²) in [5.41, 5.74) is 2.37. The Morgan fingerprint density at radius 3 is 2.45 bits per heavy atom. The normalized spacial score (nSPS) is 24.7. The summed E-state index contributed by atoms with van der Waals surface area (Å²) < 4.78 is 0. The van der Waals surface area contributed by atoms with E-state index in [-0.39, 0.29) is 17.5 Å². The first-order chi connectivity index (χ1) is 18.4. The highest BCUT2D eigenvalue weighted by atomic mass is 35.5. The van der Waals surface area contributed by atoms with Crippen molar-refractivity contribution in [2.45, 2.75) is 24.4 Å². The van der Waals surface area contributed by atoms with Gasteiger partial charge in [0.05, 0.1) is 18.0 Å².